The molecule has 0 aliphatic carbocycles. The Morgan fingerprint density at radius 3 is 2.65 bits per heavy atom. The number of nitrogens with zero attached hydrogens (tertiary/aromatic N) is 1. The van der Waals surface area contributed by atoms with E-state index in [-0.39, 0.29) is 23.6 Å². The van der Waals surface area contributed by atoms with Gasteiger partial charge in [0.1, 0.15) is 11.2 Å². The van der Waals surface area contributed by atoms with Gasteiger partial charge in [-0.1, -0.05) is 48.5 Å². The van der Waals surface area contributed by atoms with Gasteiger partial charge in [-0.3, -0.25) is 4.79 Å². The fourth-order valence-corrected chi connectivity index (χ4v) is 3.56. The molecule has 0 N–H and O–H groups in total. The summed E-state index contributed by atoms with van der Waals surface area (Å²) in [6.45, 7) is 1.25. The number of rotatable bonds is 6. The van der Waals surface area contributed by atoms with Crippen molar-refractivity contribution in [3.8, 4) is 0 Å². The van der Waals surface area contributed by atoms with Crippen LogP contribution in [0, 0.1) is 5.82 Å². The van der Waals surface area contributed by atoms with Crippen LogP contribution in [0.4, 0.5) is 4.39 Å². The minimum atomic E-state index is -0.277. The molecule has 0 aromatic heterocycles. The number of halogens is 1. The summed E-state index contributed by atoms with van der Waals surface area (Å²) < 4.78 is 19.5. The van der Waals surface area contributed by atoms with Crippen molar-refractivity contribution in [3.63, 3.8) is 0 Å². The van der Waals surface area contributed by atoms with Crippen molar-refractivity contribution in [1.82, 2.24) is 4.90 Å². The Morgan fingerprint density at radius 2 is 1.87 bits per heavy atom. The number of carbonyl (C=O) groups excluding carboxylic acids is 1. The zero-order valence-corrected chi connectivity index (χ0v) is 13.5. The van der Waals surface area contributed by atoms with Crippen molar-refractivity contribution in [2.45, 2.75) is 18.5 Å². The molecule has 1 aliphatic rings. The largest absolute Gasteiger partial charge is 0.374 e. The average molecular weight is 331 g/mol. The molecule has 120 valence electrons. The molecule has 0 bridgehead atoms. The smallest absolute Gasteiger partial charge is 0.233 e. The van der Waals surface area contributed by atoms with Gasteiger partial charge in [-0.2, -0.15) is 0 Å². The van der Waals surface area contributed by atoms with E-state index in [1.54, 1.807) is 34.9 Å². The number of benzene rings is 2. The molecule has 1 atom stereocenters. The first-order valence-corrected chi connectivity index (χ1v) is 8.55. The highest BCUT2D eigenvalue weighted by Gasteiger charge is 2.32. The lowest BCUT2D eigenvalue weighted by atomic mass is 10.2. The van der Waals surface area contributed by atoms with Gasteiger partial charge in [-0.15, -0.1) is 11.8 Å². The molecule has 1 heterocycles. The number of carbonyl (C=O) groups is 1. The lowest BCUT2D eigenvalue weighted by molar-refractivity contribution is -0.129. The van der Waals surface area contributed by atoms with Crippen LogP contribution in [0.3, 0.4) is 0 Å². The Bertz CT molecular complexity index is 665. The minimum absolute atomic E-state index is 0.0339. The summed E-state index contributed by atoms with van der Waals surface area (Å²) in [4.78, 5) is 13.8. The standard InChI is InChI=1S/C18H18FNO2S/c19-16-9-5-4-8-15(16)10-20-17(21)13-23-18(20)12-22-11-14-6-2-1-3-7-14/h1-9,18H,10-13H2. The summed E-state index contributed by atoms with van der Waals surface area (Å²) in [5.74, 6) is 0.182. The quantitative estimate of drug-likeness (QED) is 0.812. The first-order valence-electron chi connectivity index (χ1n) is 7.50. The van der Waals surface area contributed by atoms with Crippen molar-refractivity contribution in [1.29, 1.82) is 0 Å². The molecular weight excluding hydrogens is 313 g/mol. The second kappa shape index (κ2) is 7.62. The van der Waals surface area contributed by atoms with Gasteiger partial charge in [0.2, 0.25) is 5.91 Å². The van der Waals surface area contributed by atoms with Crippen molar-refractivity contribution in [2.75, 3.05) is 12.4 Å². The van der Waals surface area contributed by atoms with Crippen LogP contribution >= 0.6 is 11.8 Å². The van der Waals surface area contributed by atoms with Gasteiger partial charge in [-0.05, 0) is 11.6 Å². The molecule has 2 aromatic carbocycles. The Kier molecular flexibility index (Phi) is 5.31. The van der Waals surface area contributed by atoms with Crippen molar-refractivity contribution < 1.29 is 13.9 Å². The summed E-state index contributed by atoms with van der Waals surface area (Å²) in [5.41, 5.74) is 1.64. The van der Waals surface area contributed by atoms with Crippen LogP contribution in [-0.4, -0.2) is 28.5 Å². The molecular formula is C18H18FNO2S. The Hall–Kier alpha value is -1.85. The zero-order chi connectivity index (χ0) is 16.1. The van der Waals surface area contributed by atoms with Crippen molar-refractivity contribution in [3.05, 3.63) is 71.5 Å². The predicted molar refractivity (Wildman–Crippen MR) is 89.3 cm³/mol. The minimum Gasteiger partial charge on any atom is -0.374 e. The Balaban J connectivity index is 1.58. The summed E-state index contributed by atoms with van der Waals surface area (Å²) in [6.07, 6.45) is 0. The molecule has 2 aromatic rings. The molecule has 1 aliphatic heterocycles. The van der Waals surface area contributed by atoms with Gasteiger partial charge < -0.3 is 9.64 Å². The maximum Gasteiger partial charge on any atom is 0.233 e. The topological polar surface area (TPSA) is 29.5 Å². The maximum absolute atomic E-state index is 13.8. The van der Waals surface area contributed by atoms with E-state index in [9.17, 15) is 9.18 Å². The first kappa shape index (κ1) is 16.0. The van der Waals surface area contributed by atoms with Crippen LogP contribution in [0.2, 0.25) is 0 Å². The van der Waals surface area contributed by atoms with E-state index in [0.29, 0.717) is 24.5 Å². The van der Waals surface area contributed by atoms with Gasteiger partial charge in [0, 0.05) is 12.1 Å². The number of ether oxygens (including phenoxy) is 1. The van der Waals surface area contributed by atoms with E-state index in [0.717, 1.165) is 5.56 Å². The third-order valence-electron chi connectivity index (χ3n) is 3.74. The van der Waals surface area contributed by atoms with Crippen molar-refractivity contribution >= 4 is 17.7 Å². The van der Waals surface area contributed by atoms with E-state index >= 15 is 0 Å². The monoisotopic (exact) mass is 331 g/mol. The summed E-state index contributed by atoms with van der Waals surface area (Å²) in [7, 11) is 0. The van der Waals surface area contributed by atoms with E-state index < -0.39 is 0 Å². The number of hydrogen-bond acceptors (Lipinski definition) is 3. The number of hydrogen-bond donors (Lipinski definition) is 0. The van der Waals surface area contributed by atoms with E-state index in [2.05, 4.69) is 0 Å². The van der Waals surface area contributed by atoms with Gasteiger partial charge in [0.05, 0.1) is 19.0 Å². The van der Waals surface area contributed by atoms with E-state index in [1.807, 2.05) is 30.3 Å². The summed E-state index contributed by atoms with van der Waals surface area (Å²) in [5, 5.41) is -0.0641. The van der Waals surface area contributed by atoms with Crippen LogP contribution in [0.1, 0.15) is 11.1 Å². The van der Waals surface area contributed by atoms with Gasteiger partial charge in [0.25, 0.3) is 0 Å². The molecule has 0 spiro atoms. The van der Waals surface area contributed by atoms with Crippen LogP contribution in [-0.2, 0) is 22.7 Å². The molecule has 3 nitrogen and oxygen atoms in total. The molecule has 1 fully saturated rings. The van der Waals surface area contributed by atoms with E-state index in [4.69, 9.17) is 4.74 Å². The lowest BCUT2D eigenvalue weighted by Gasteiger charge is -2.24. The normalized spacial score (nSPS) is 17.7. The molecule has 0 radical (unpaired) electrons. The molecule has 1 amide bonds. The highest BCUT2D eigenvalue weighted by molar-refractivity contribution is 8.01. The molecule has 5 heteroatoms. The average Bonchev–Trinajstić information content (AvgIpc) is 2.91. The molecule has 23 heavy (non-hydrogen) atoms. The Morgan fingerprint density at radius 1 is 1.13 bits per heavy atom. The van der Waals surface area contributed by atoms with E-state index in [1.165, 1.54) is 6.07 Å². The van der Waals surface area contributed by atoms with Crippen LogP contribution in [0.15, 0.2) is 54.6 Å². The predicted octanol–water partition coefficient (Wildman–Crippen LogP) is 3.44. The van der Waals surface area contributed by atoms with Gasteiger partial charge in [-0.25, -0.2) is 4.39 Å². The van der Waals surface area contributed by atoms with Crippen LogP contribution in [0.25, 0.3) is 0 Å². The van der Waals surface area contributed by atoms with Crippen LogP contribution in [0.5, 0.6) is 0 Å². The zero-order valence-electron chi connectivity index (χ0n) is 12.7. The molecule has 0 saturated carbocycles. The van der Waals surface area contributed by atoms with Gasteiger partial charge >= 0.3 is 0 Å². The maximum atomic E-state index is 13.8. The Labute approximate surface area is 139 Å². The van der Waals surface area contributed by atoms with Gasteiger partial charge in [0.15, 0.2) is 0 Å². The van der Waals surface area contributed by atoms with Crippen molar-refractivity contribution in [2.24, 2.45) is 0 Å². The third-order valence-corrected chi connectivity index (χ3v) is 4.93. The summed E-state index contributed by atoms with van der Waals surface area (Å²) >= 11 is 1.55. The highest BCUT2D eigenvalue weighted by Crippen LogP contribution is 2.27. The molecule has 1 saturated heterocycles. The summed E-state index contributed by atoms with van der Waals surface area (Å²) in [6, 6.07) is 16.5. The second-order valence-corrected chi connectivity index (χ2v) is 6.55. The number of amides is 1. The second-order valence-electron chi connectivity index (χ2n) is 5.38. The number of thioether (sulfide) groups is 1. The molecule has 3 rings (SSSR count). The fraction of sp³-hybridized carbons (Fsp3) is 0.278. The first-order chi connectivity index (χ1) is 11.2. The highest BCUT2D eigenvalue weighted by atomic mass is 32.2. The SMILES string of the molecule is O=C1CSC(COCc2ccccc2)N1Cc1ccccc1F. The lowest BCUT2D eigenvalue weighted by Crippen LogP contribution is -2.35. The fourth-order valence-electron chi connectivity index (χ4n) is 2.49. The van der Waals surface area contributed by atoms with Crippen LogP contribution < -0.4 is 0 Å². The molecule has 1 unspecified atom stereocenters. The third kappa shape index (κ3) is 4.12.